The van der Waals surface area contributed by atoms with Gasteiger partial charge in [0.15, 0.2) is 6.29 Å². The highest BCUT2D eigenvalue weighted by molar-refractivity contribution is 5.85. The molecule has 0 amide bonds. The molecule has 0 atom stereocenters. The van der Waals surface area contributed by atoms with Crippen LogP contribution in [0.1, 0.15) is 29.8 Å². The van der Waals surface area contributed by atoms with E-state index in [4.69, 9.17) is 5.26 Å². The Morgan fingerprint density at radius 2 is 2.05 bits per heavy atom. The van der Waals surface area contributed by atoms with Gasteiger partial charge < -0.3 is 0 Å². The molecule has 96 valence electrons. The first kappa shape index (κ1) is 13.0. The van der Waals surface area contributed by atoms with E-state index in [1.165, 1.54) is 0 Å². The summed E-state index contributed by atoms with van der Waals surface area (Å²) in [5, 5.41) is 13.2. The molecular formula is C15H15N3O. The van der Waals surface area contributed by atoms with Crippen molar-refractivity contribution < 1.29 is 4.79 Å². The Bertz CT molecular complexity index is 618. The first-order chi connectivity index (χ1) is 9.13. The lowest BCUT2D eigenvalue weighted by Crippen LogP contribution is -2.04. The summed E-state index contributed by atoms with van der Waals surface area (Å²) in [5.74, 6) is 0.466. The number of nitriles is 1. The average molecular weight is 253 g/mol. The molecule has 1 heterocycles. The molecular weight excluding hydrogens is 238 g/mol. The molecule has 1 aromatic heterocycles. The molecule has 0 N–H and O–H groups in total. The van der Waals surface area contributed by atoms with Crippen molar-refractivity contribution in [2.45, 2.75) is 20.4 Å². The molecule has 0 aliphatic heterocycles. The molecule has 0 unspecified atom stereocenters. The van der Waals surface area contributed by atoms with Crippen LogP contribution < -0.4 is 0 Å². The number of carbonyl (C=O) groups excluding carboxylic acids is 1. The minimum Gasteiger partial charge on any atom is -0.298 e. The average Bonchev–Trinajstić information content (AvgIpc) is 2.81. The highest BCUT2D eigenvalue weighted by Gasteiger charge is 2.11. The van der Waals surface area contributed by atoms with Crippen molar-refractivity contribution in [1.29, 1.82) is 5.26 Å². The van der Waals surface area contributed by atoms with Crippen LogP contribution in [0.2, 0.25) is 0 Å². The zero-order valence-electron chi connectivity index (χ0n) is 11.0. The van der Waals surface area contributed by atoms with E-state index in [1.807, 2.05) is 12.1 Å². The first-order valence-electron chi connectivity index (χ1n) is 6.17. The Hall–Kier alpha value is -2.41. The monoisotopic (exact) mass is 253 g/mol. The van der Waals surface area contributed by atoms with Gasteiger partial charge in [-0.2, -0.15) is 10.4 Å². The maximum Gasteiger partial charge on any atom is 0.153 e. The summed E-state index contributed by atoms with van der Waals surface area (Å²) in [7, 11) is 0. The smallest absolute Gasteiger partial charge is 0.153 e. The molecule has 0 fully saturated rings. The summed E-state index contributed by atoms with van der Waals surface area (Å²) in [5.41, 5.74) is 2.69. The van der Waals surface area contributed by atoms with Gasteiger partial charge in [0.25, 0.3) is 0 Å². The van der Waals surface area contributed by atoms with Gasteiger partial charge in [-0.1, -0.05) is 26.0 Å². The Labute approximate surface area is 112 Å². The molecule has 2 aromatic rings. The quantitative estimate of drug-likeness (QED) is 0.787. The van der Waals surface area contributed by atoms with Crippen molar-refractivity contribution in [3.8, 4) is 17.3 Å². The second-order valence-electron chi connectivity index (χ2n) is 4.86. The topological polar surface area (TPSA) is 58.7 Å². The Morgan fingerprint density at radius 1 is 1.37 bits per heavy atom. The lowest BCUT2D eigenvalue weighted by Gasteiger charge is -2.03. The van der Waals surface area contributed by atoms with Gasteiger partial charge in [0.1, 0.15) is 5.69 Å². The molecule has 0 bridgehead atoms. The SMILES string of the molecule is CC(C)Cn1cc(C=O)c(-c2ccc(C#N)cc2)n1. The third-order valence-electron chi connectivity index (χ3n) is 2.76. The van der Waals surface area contributed by atoms with E-state index in [9.17, 15) is 4.79 Å². The molecule has 2 rings (SSSR count). The van der Waals surface area contributed by atoms with E-state index in [2.05, 4.69) is 25.0 Å². The largest absolute Gasteiger partial charge is 0.298 e. The van der Waals surface area contributed by atoms with Gasteiger partial charge in [0, 0.05) is 18.3 Å². The summed E-state index contributed by atoms with van der Waals surface area (Å²) in [6.45, 7) is 4.98. The fraction of sp³-hybridized carbons (Fsp3) is 0.267. The van der Waals surface area contributed by atoms with E-state index >= 15 is 0 Å². The number of aromatic nitrogens is 2. The number of benzene rings is 1. The number of hydrogen-bond acceptors (Lipinski definition) is 3. The summed E-state index contributed by atoms with van der Waals surface area (Å²) in [6.07, 6.45) is 2.58. The van der Waals surface area contributed by atoms with E-state index in [-0.39, 0.29) is 0 Å². The zero-order valence-corrected chi connectivity index (χ0v) is 11.0. The van der Waals surface area contributed by atoms with Crippen molar-refractivity contribution in [1.82, 2.24) is 9.78 Å². The fourth-order valence-corrected chi connectivity index (χ4v) is 1.92. The fourth-order valence-electron chi connectivity index (χ4n) is 1.92. The van der Waals surface area contributed by atoms with E-state index < -0.39 is 0 Å². The van der Waals surface area contributed by atoms with Crippen LogP contribution in [0.3, 0.4) is 0 Å². The number of nitrogens with zero attached hydrogens (tertiary/aromatic N) is 3. The molecule has 0 saturated heterocycles. The van der Waals surface area contributed by atoms with Crippen LogP contribution >= 0.6 is 0 Å². The Balaban J connectivity index is 2.39. The number of rotatable bonds is 4. The van der Waals surface area contributed by atoms with Gasteiger partial charge in [-0.05, 0) is 18.1 Å². The summed E-state index contributed by atoms with van der Waals surface area (Å²) in [4.78, 5) is 11.1. The predicted octanol–water partition coefficient (Wildman–Crippen LogP) is 2.89. The Kier molecular flexibility index (Phi) is 3.76. The van der Waals surface area contributed by atoms with Gasteiger partial charge in [0.2, 0.25) is 0 Å². The molecule has 0 radical (unpaired) electrons. The maximum atomic E-state index is 11.1. The molecule has 4 heteroatoms. The molecule has 0 aliphatic carbocycles. The minimum atomic E-state index is 0.466. The molecule has 1 aromatic carbocycles. The summed E-state index contributed by atoms with van der Waals surface area (Å²) >= 11 is 0. The number of hydrogen-bond donors (Lipinski definition) is 0. The second kappa shape index (κ2) is 5.49. The summed E-state index contributed by atoms with van der Waals surface area (Å²) in [6, 6.07) is 9.15. The molecule has 4 nitrogen and oxygen atoms in total. The predicted molar refractivity (Wildman–Crippen MR) is 72.6 cm³/mol. The first-order valence-corrected chi connectivity index (χ1v) is 6.17. The van der Waals surface area contributed by atoms with E-state index in [0.29, 0.717) is 22.7 Å². The third-order valence-corrected chi connectivity index (χ3v) is 2.76. The van der Waals surface area contributed by atoms with Crippen molar-refractivity contribution in [3.63, 3.8) is 0 Å². The van der Waals surface area contributed by atoms with Crippen LogP contribution in [-0.2, 0) is 6.54 Å². The van der Waals surface area contributed by atoms with Gasteiger partial charge in [-0.25, -0.2) is 0 Å². The zero-order chi connectivity index (χ0) is 13.8. The van der Waals surface area contributed by atoms with Crippen LogP contribution in [0.25, 0.3) is 11.3 Å². The molecule has 19 heavy (non-hydrogen) atoms. The number of carbonyl (C=O) groups is 1. The van der Waals surface area contributed by atoms with E-state index in [0.717, 1.165) is 18.4 Å². The highest BCUT2D eigenvalue weighted by atomic mass is 16.1. The van der Waals surface area contributed by atoms with Crippen LogP contribution in [0.5, 0.6) is 0 Å². The van der Waals surface area contributed by atoms with Crippen LogP contribution in [-0.4, -0.2) is 16.1 Å². The number of aldehydes is 1. The second-order valence-corrected chi connectivity index (χ2v) is 4.86. The molecule has 0 aliphatic rings. The van der Waals surface area contributed by atoms with Gasteiger partial charge in [-0.15, -0.1) is 0 Å². The lowest BCUT2D eigenvalue weighted by atomic mass is 10.1. The normalized spacial score (nSPS) is 10.4. The van der Waals surface area contributed by atoms with Crippen molar-refractivity contribution in [2.24, 2.45) is 5.92 Å². The summed E-state index contributed by atoms with van der Waals surface area (Å²) < 4.78 is 1.79. The van der Waals surface area contributed by atoms with Crippen LogP contribution in [0, 0.1) is 17.2 Å². The van der Waals surface area contributed by atoms with Crippen molar-refractivity contribution >= 4 is 6.29 Å². The maximum absolute atomic E-state index is 11.1. The van der Waals surface area contributed by atoms with Crippen molar-refractivity contribution in [3.05, 3.63) is 41.6 Å². The van der Waals surface area contributed by atoms with Crippen molar-refractivity contribution in [2.75, 3.05) is 0 Å². The standard InChI is InChI=1S/C15H15N3O/c1-11(2)8-18-9-14(10-19)15(17-18)13-5-3-12(7-16)4-6-13/h3-6,9-11H,8H2,1-2H3. The van der Waals surface area contributed by atoms with Crippen LogP contribution in [0.15, 0.2) is 30.5 Å². The van der Waals surface area contributed by atoms with Gasteiger partial charge >= 0.3 is 0 Å². The molecule has 0 saturated carbocycles. The minimum absolute atomic E-state index is 0.466. The van der Waals surface area contributed by atoms with Gasteiger partial charge in [0.05, 0.1) is 17.2 Å². The van der Waals surface area contributed by atoms with E-state index in [1.54, 1.807) is 23.0 Å². The lowest BCUT2D eigenvalue weighted by molar-refractivity contribution is 0.112. The Morgan fingerprint density at radius 3 is 2.58 bits per heavy atom. The third kappa shape index (κ3) is 2.89. The van der Waals surface area contributed by atoms with Crippen LogP contribution in [0.4, 0.5) is 0 Å². The van der Waals surface area contributed by atoms with Gasteiger partial charge in [-0.3, -0.25) is 9.48 Å². The molecule has 0 spiro atoms. The highest BCUT2D eigenvalue weighted by Crippen LogP contribution is 2.21.